The lowest BCUT2D eigenvalue weighted by atomic mass is 10.00. The first kappa shape index (κ1) is 21.6. The molecule has 2 heterocycles. The number of allylic oxidation sites excluding steroid dienone is 1. The van der Waals surface area contributed by atoms with Gasteiger partial charge in [0, 0.05) is 24.2 Å². The highest BCUT2D eigenvalue weighted by Gasteiger charge is 2.31. The molecule has 6 nitrogen and oxygen atoms in total. The second-order valence-electron chi connectivity index (χ2n) is 7.94. The van der Waals surface area contributed by atoms with Gasteiger partial charge in [0.2, 0.25) is 0 Å². The monoisotopic (exact) mass is 454 g/mol. The van der Waals surface area contributed by atoms with E-state index in [1.165, 1.54) is 0 Å². The topological polar surface area (TPSA) is 57.5 Å². The number of esters is 1. The molecule has 5 rings (SSSR count). The van der Waals surface area contributed by atoms with E-state index in [4.69, 9.17) is 9.84 Å². The maximum atomic E-state index is 12.4. The Morgan fingerprint density at radius 3 is 2.82 bits per heavy atom. The maximum Gasteiger partial charge on any atom is 0.338 e. The lowest BCUT2D eigenvalue weighted by Gasteiger charge is -2.30. The third-order valence-electron chi connectivity index (χ3n) is 5.78. The van der Waals surface area contributed by atoms with Crippen LogP contribution in [0.25, 0.3) is 10.8 Å². The summed E-state index contributed by atoms with van der Waals surface area (Å²) in [5.41, 5.74) is 3.62. The molecule has 34 heavy (non-hydrogen) atoms. The Bertz CT molecular complexity index is 1340. The Labute approximate surface area is 196 Å². The molecule has 0 saturated heterocycles. The number of rotatable bonds is 6. The first-order valence-corrected chi connectivity index (χ1v) is 11.0. The fourth-order valence-corrected chi connectivity index (χ4v) is 4.15. The van der Waals surface area contributed by atoms with Crippen molar-refractivity contribution in [2.75, 3.05) is 23.3 Å². The summed E-state index contributed by atoms with van der Waals surface area (Å²) < 4.78 is 17.3. The highest BCUT2D eigenvalue weighted by Crippen LogP contribution is 2.33. The van der Waals surface area contributed by atoms with Crippen LogP contribution in [-0.2, 0) is 4.74 Å². The van der Waals surface area contributed by atoms with E-state index in [1.807, 2.05) is 41.6 Å². The smallest absolute Gasteiger partial charge is 0.338 e. The van der Waals surface area contributed by atoms with E-state index < -0.39 is 12.6 Å². The summed E-state index contributed by atoms with van der Waals surface area (Å²) in [6, 6.07) is 21.2. The molecule has 1 atom stereocenters. The standard InChI is InChI=1S/C27H23FN4O2/c1-19-13-16-31(22-9-4-8-21(18-22)27(33)34-17-14-28)30-26(19)25-12-15-29-32(25)24-11-5-7-20-6-2-3-10-23(20)24/h2-11,13,15-16,18,25H,1,12,14,17H2. The summed E-state index contributed by atoms with van der Waals surface area (Å²) in [6.07, 6.45) is 6.29. The van der Waals surface area contributed by atoms with Crippen molar-refractivity contribution in [3.05, 3.63) is 96.7 Å². The number of carbonyl (C=O) groups is 1. The number of ether oxygens (including phenoxy) is 1. The molecular weight excluding hydrogens is 431 g/mol. The fraction of sp³-hybridized carbons (Fsp3) is 0.148. The lowest BCUT2D eigenvalue weighted by Crippen LogP contribution is -2.37. The molecule has 3 aromatic rings. The molecule has 2 aliphatic rings. The number of hydrogen-bond donors (Lipinski definition) is 0. The van der Waals surface area contributed by atoms with Gasteiger partial charge in [-0.05, 0) is 41.3 Å². The summed E-state index contributed by atoms with van der Waals surface area (Å²) in [7, 11) is 0. The molecule has 7 heteroatoms. The Hall–Kier alpha value is -4.26. The van der Waals surface area contributed by atoms with Gasteiger partial charge < -0.3 is 4.74 Å². The van der Waals surface area contributed by atoms with Gasteiger partial charge in [-0.3, -0.25) is 5.01 Å². The predicted octanol–water partition coefficient (Wildman–Crippen LogP) is 5.48. The summed E-state index contributed by atoms with van der Waals surface area (Å²) in [4.78, 5) is 12.2. The summed E-state index contributed by atoms with van der Waals surface area (Å²) in [5.74, 6) is -0.569. The highest BCUT2D eigenvalue weighted by atomic mass is 19.1. The minimum Gasteiger partial charge on any atom is -0.459 e. The summed E-state index contributed by atoms with van der Waals surface area (Å²) >= 11 is 0. The number of alkyl halides is 1. The molecule has 2 aliphatic heterocycles. The second kappa shape index (κ2) is 9.31. The zero-order chi connectivity index (χ0) is 23.5. The van der Waals surface area contributed by atoms with Crippen molar-refractivity contribution in [3.8, 4) is 0 Å². The molecule has 1 unspecified atom stereocenters. The predicted molar refractivity (Wildman–Crippen MR) is 134 cm³/mol. The van der Waals surface area contributed by atoms with Crippen LogP contribution in [0.4, 0.5) is 15.8 Å². The van der Waals surface area contributed by atoms with Crippen molar-refractivity contribution in [2.45, 2.75) is 12.5 Å². The molecule has 0 bridgehead atoms. The van der Waals surface area contributed by atoms with Crippen molar-refractivity contribution in [2.24, 2.45) is 10.2 Å². The number of hydrazone groups is 2. The van der Waals surface area contributed by atoms with Crippen molar-refractivity contribution in [3.63, 3.8) is 0 Å². The van der Waals surface area contributed by atoms with E-state index in [-0.39, 0.29) is 12.6 Å². The van der Waals surface area contributed by atoms with Crippen molar-refractivity contribution in [1.29, 1.82) is 0 Å². The zero-order valence-corrected chi connectivity index (χ0v) is 18.5. The molecule has 0 saturated carbocycles. The molecule has 0 aromatic heterocycles. The number of hydrogen-bond acceptors (Lipinski definition) is 6. The molecule has 0 radical (unpaired) electrons. The Balaban J connectivity index is 1.46. The average Bonchev–Trinajstić information content (AvgIpc) is 3.36. The highest BCUT2D eigenvalue weighted by molar-refractivity contribution is 6.11. The van der Waals surface area contributed by atoms with E-state index in [1.54, 1.807) is 29.4 Å². The maximum absolute atomic E-state index is 12.4. The van der Waals surface area contributed by atoms with E-state index in [2.05, 4.69) is 35.9 Å². The SMILES string of the molecule is C=C1C=CN(c2cccc(C(=O)OCCF)c2)N=C1C1CC=NN1c1cccc2ccccc12. The Morgan fingerprint density at radius 1 is 1.12 bits per heavy atom. The van der Waals surface area contributed by atoms with Crippen molar-refractivity contribution < 1.29 is 13.9 Å². The van der Waals surface area contributed by atoms with Crippen molar-refractivity contribution >= 4 is 40.0 Å². The van der Waals surface area contributed by atoms with Crippen LogP contribution in [0.3, 0.4) is 0 Å². The molecule has 0 N–H and O–H groups in total. The number of anilines is 2. The zero-order valence-electron chi connectivity index (χ0n) is 18.5. The van der Waals surface area contributed by atoms with Gasteiger partial charge in [0.1, 0.15) is 19.3 Å². The quantitative estimate of drug-likeness (QED) is 0.463. The average molecular weight is 455 g/mol. The van der Waals surface area contributed by atoms with Crippen LogP contribution in [0.1, 0.15) is 16.8 Å². The minimum absolute atomic E-state index is 0.122. The molecule has 0 aliphatic carbocycles. The summed E-state index contributed by atoms with van der Waals surface area (Å²) in [6.45, 7) is 3.22. The Kier molecular flexibility index (Phi) is 5.91. The van der Waals surface area contributed by atoms with Gasteiger partial charge in [-0.25, -0.2) is 14.2 Å². The fourth-order valence-electron chi connectivity index (χ4n) is 4.15. The van der Waals surface area contributed by atoms with Gasteiger partial charge in [0.25, 0.3) is 0 Å². The van der Waals surface area contributed by atoms with Crippen LogP contribution in [0.2, 0.25) is 0 Å². The number of nitrogens with zero attached hydrogens (tertiary/aromatic N) is 4. The van der Waals surface area contributed by atoms with Gasteiger partial charge in [-0.15, -0.1) is 0 Å². The van der Waals surface area contributed by atoms with E-state index in [0.717, 1.165) is 27.7 Å². The molecule has 0 amide bonds. The first-order valence-electron chi connectivity index (χ1n) is 11.0. The third-order valence-corrected chi connectivity index (χ3v) is 5.78. The number of fused-ring (bicyclic) bond motifs is 1. The Morgan fingerprint density at radius 2 is 1.94 bits per heavy atom. The van der Waals surface area contributed by atoms with Crippen LogP contribution < -0.4 is 10.0 Å². The van der Waals surface area contributed by atoms with E-state index in [9.17, 15) is 9.18 Å². The number of benzene rings is 3. The molecule has 170 valence electrons. The largest absolute Gasteiger partial charge is 0.459 e. The minimum atomic E-state index is -0.716. The van der Waals surface area contributed by atoms with Crippen LogP contribution in [0.15, 0.2) is 101 Å². The van der Waals surface area contributed by atoms with Crippen LogP contribution in [0.5, 0.6) is 0 Å². The van der Waals surface area contributed by atoms with Crippen LogP contribution in [-0.4, -0.2) is 37.2 Å². The van der Waals surface area contributed by atoms with Gasteiger partial charge in [-0.1, -0.05) is 49.0 Å². The van der Waals surface area contributed by atoms with Gasteiger partial charge >= 0.3 is 5.97 Å². The summed E-state index contributed by atoms with van der Waals surface area (Å²) in [5, 5.41) is 15.5. The lowest BCUT2D eigenvalue weighted by molar-refractivity contribution is 0.0481. The van der Waals surface area contributed by atoms with Crippen molar-refractivity contribution in [1.82, 2.24) is 0 Å². The molecule has 3 aromatic carbocycles. The third kappa shape index (κ3) is 4.08. The molecule has 0 spiro atoms. The van der Waals surface area contributed by atoms with Crippen LogP contribution in [0, 0.1) is 0 Å². The van der Waals surface area contributed by atoms with Gasteiger partial charge in [-0.2, -0.15) is 10.2 Å². The number of carbonyl (C=O) groups excluding carboxylic acids is 1. The van der Waals surface area contributed by atoms with Gasteiger partial charge in [0.15, 0.2) is 0 Å². The normalized spacial score (nSPS) is 17.4. The van der Waals surface area contributed by atoms with E-state index in [0.29, 0.717) is 17.7 Å². The molecular formula is C27H23FN4O2. The van der Waals surface area contributed by atoms with E-state index >= 15 is 0 Å². The molecule has 0 fully saturated rings. The number of halogens is 1. The van der Waals surface area contributed by atoms with Crippen LogP contribution >= 0.6 is 0 Å². The van der Waals surface area contributed by atoms with Gasteiger partial charge in [0.05, 0.1) is 22.6 Å². The first-order chi connectivity index (χ1) is 16.7. The second-order valence-corrected chi connectivity index (χ2v) is 7.94.